The number of aliphatic imine (C=N–C) groups is 1. The molecule has 0 N–H and O–H groups in total. The van der Waals surface area contributed by atoms with Crippen LogP contribution in [0.15, 0.2) is 43.6 Å². The van der Waals surface area contributed by atoms with Crippen LogP contribution in [0.5, 0.6) is 0 Å². The standard InChI is InChI=1S/C14H9N3O5/c1-17-13(19)10(15-14(17)20)6-8-7-2-5-12(18)22-11(7)4-3-9(8)16-21/h2-5H,6H2,1H3. The summed E-state index contributed by atoms with van der Waals surface area (Å²) in [5.41, 5.74) is 0.219. The number of imide groups is 1. The van der Waals surface area contributed by atoms with Crippen LogP contribution in [-0.4, -0.2) is 29.6 Å². The molecule has 1 aromatic carbocycles. The Morgan fingerprint density at radius 1 is 1.18 bits per heavy atom. The summed E-state index contributed by atoms with van der Waals surface area (Å²) >= 11 is 0. The first-order valence-electron chi connectivity index (χ1n) is 6.30. The normalized spacial score (nSPS) is 14.6. The summed E-state index contributed by atoms with van der Waals surface area (Å²) in [6.45, 7) is 0. The summed E-state index contributed by atoms with van der Waals surface area (Å²) in [5.74, 6) is -0.531. The van der Waals surface area contributed by atoms with Gasteiger partial charge in [0.15, 0.2) is 0 Å². The monoisotopic (exact) mass is 299 g/mol. The molecule has 0 unspecified atom stereocenters. The molecule has 0 fully saturated rings. The molecule has 0 saturated carbocycles. The van der Waals surface area contributed by atoms with E-state index in [2.05, 4.69) is 10.2 Å². The Kier molecular flexibility index (Phi) is 3.13. The Balaban J connectivity index is 2.15. The molecule has 1 aromatic heterocycles. The molecule has 8 heteroatoms. The van der Waals surface area contributed by atoms with Crippen molar-refractivity contribution in [2.75, 3.05) is 7.05 Å². The Labute approximate surface area is 123 Å². The topological polar surface area (TPSA) is 109 Å². The summed E-state index contributed by atoms with van der Waals surface area (Å²) in [6, 6.07) is 4.87. The number of amides is 3. The minimum atomic E-state index is -0.660. The maximum Gasteiger partial charge on any atom is 0.350 e. The van der Waals surface area contributed by atoms with Gasteiger partial charge in [0.05, 0.1) is 0 Å². The van der Waals surface area contributed by atoms with Gasteiger partial charge in [-0.2, -0.15) is 4.99 Å². The van der Waals surface area contributed by atoms with Gasteiger partial charge in [0.2, 0.25) is 0 Å². The molecular formula is C14H9N3O5. The van der Waals surface area contributed by atoms with E-state index >= 15 is 0 Å². The third-order valence-corrected chi connectivity index (χ3v) is 3.40. The summed E-state index contributed by atoms with van der Waals surface area (Å²) in [4.78, 5) is 50.1. The van der Waals surface area contributed by atoms with Crippen molar-refractivity contribution in [1.29, 1.82) is 0 Å². The van der Waals surface area contributed by atoms with Crippen molar-refractivity contribution in [2.24, 2.45) is 10.2 Å². The predicted molar refractivity (Wildman–Crippen MR) is 77.2 cm³/mol. The first kappa shape index (κ1) is 13.8. The van der Waals surface area contributed by atoms with E-state index in [-0.39, 0.29) is 23.4 Å². The quantitative estimate of drug-likeness (QED) is 0.633. The molecule has 0 saturated heterocycles. The smallest absolute Gasteiger partial charge is 0.350 e. The van der Waals surface area contributed by atoms with Crippen molar-refractivity contribution in [3.8, 4) is 0 Å². The van der Waals surface area contributed by atoms with Crippen molar-refractivity contribution in [1.82, 2.24) is 4.90 Å². The number of fused-ring (bicyclic) bond motifs is 1. The van der Waals surface area contributed by atoms with E-state index in [0.717, 1.165) is 4.90 Å². The van der Waals surface area contributed by atoms with Crippen LogP contribution in [0.4, 0.5) is 10.5 Å². The van der Waals surface area contributed by atoms with Crippen molar-refractivity contribution < 1.29 is 14.0 Å². The third kappa shape index (κ3) is 2.10. The first-order valence-corrected chi connectivity index (χ1v) is 6.30. The minimum Gasteiger partial charge on any atom is -0.423 e. The van der Waals surface area contributed by atoms with Crippen LogP contribution in [0.1, 0.15) is 5.56 Å². The lowest BCUT2D eigenvalue weighted by atomic mass is 10.0. The molecule has 22 heavy (non-hydrogen) atoms. The zero-order valence-corrected chi connectivity index (χ0v) is 11.4. The average molecular weight is 299 g/mol. The molecule has 3 amide bonds. The van der Waals surface area contributed by atoms with Gasteiger partial charge in [0.25, 0.3) is 5.91 Å². The zero-order valence-electron chi connectivity index (χ0n) is 11.4. The van der Waals surface area contributed by atoms with Gasteiger partial charge in [-0.15, -0.1) is 4.91 Å². The molecule has 1 aliphatic rings. The van der Waals surface area contributed by atoms with Crippen molar-refractivity contribution in [3.05, 3.63) is 45.2 Å². The lowest BCUT2D eigenvalue weighted by molar-refractivity contribution is -0.119. The average Bonchev–Trinajstić information content (AvgIpc) is 2.74. The lowest BCUT2D eigenvalue weighted by Gasteiger charge is -2.08. The highest BCUT2D eigenvalue weighted by Gasteiger charge is 2.30. The number of hydrogen-bond donors (Lipinski definition) is 0. The fraction of sp³-hybridized carbons (Fsp3) is 0.143. The van der Waals surface area contributed by atoms with E-state index < -0.39 is 17.6 Å². The molecule has 0 radical (unpaired) electrons. The molecule has 2 heterocycles. The van der Waals surface area contributed by atoms with Crippen molar-refractivity contribution in [3.63, 3.8) is 0 Å². The van der Waals surface area contributed by atoms with Crippen LogP contribution >= 0.6 is 0 Å². The fourth-order valence-electron chi connectivity index (χ4n) is 2.27. The summed E-state index contributed by atoms with van der Waals surface area (Å²) in [7, 11) is 1.32. The zero-order chi connectivity index (χ0) is 15.9. The molecule has 2 aromatic rings. The van der Waals surface area contributed by atoms with Crippen LogP contribution in [0, 0.1) is 4.91 Å². The number of nitrogens with zero attached hydrogens (tertiary/aromatic N) is 3. The van der Waals surface area contributed by atoms with Gasteiger partial charge >= 0.3 is 11.7 Å². The fourth-order valence-corrected chi connectivity index (χ4v) is 2.27. The number of hydrogen-bond acceptors (Lipinski definition) is 6. The minimum absolute atomic E-state index is 0.0103. The molecule has 0 spiro atoms. The van der Waals surface area contributed by atoms with E-state index in [4.69, 9.17) is 4.42 Å². The Morgan fingerprint density at radius 2 is 1.95 bits per heavy atom. The highest BCUT2D eigenvalue weighted by atomic mass is 16.4. The van der Waals surface area contributed by atoms with Gasteiger partial charge in [-0.05, 0) is 28.9 Å². The van der Waals surface area contributed by atoms with Gasteiger partial charge < -0.3 is 4.42 Å². The SMILES string of the molecule is CN1C(=O)N=C(Cc2c(N=O)ccc3oc(=O)ccc23)C1=O. The Morgan fingerprint density at radius 3 is 2.59 bits per heavy atom. The van der Waals surface area contributed by atoms with Gasteiger partial charge in [-0.25, -0.2) is 9.59 Å². The summed E-state index contributed by atoms with van der Waals surface area (Å²) in [5, 5.41) is 3.38. The van der Waals surface area contributed by atoms with Crippen LogP contribution in [0.3, 0.4) is 0 Å². The molecule has 110 valence electrons. The summed E-state index contributed by atoms with van der Waals surface area (Å²) in [6.07, 6.45) is -0.0545. The van der Waals surface area contributed by atoms with Crippen molar-refractivity contribution >= 4 is 34.3 Å². The molecule has 0 atom stereocenters. The highest BCUT2D eigenvalue weighted by Crippen LogP contribution is 2.29. The maximum atomic E-state index is 11.9. The van der Waals surface area contributed by atoms with Crippen LogP contribution in [0.25, 0.3) is 11.0 Å². The second-order valence-corrected chi connectivity index (χ2v) is 4.70. The highest BCUT2D eigenvalue weighted by molar-refractivity contribution is 6.46. The number of benzene rings is 1. The molecule has 8 nitrogen and oxygen atoms in total. The second-order valence-electron chi connectivity index (χ2n) is 4.70. The van der Waals surface area contributed by atoms with Crippen LogP contribution < -0.4 is 5.63 Å². The number of urea groups is 1. The number of nitroso groups, excluding NO2 is 1. The van der Waals surface area contributed by atoms with Crippen LogP contribution in [-0.2, 0) is 11.2 Å². The number of carbonyl (C=O) groups is 2. The summed E-state index contributed by atoms with van der Waals surface area (Å²) < 4.78 is 5.03. The van der Waals surface area contributed by atoms with Crippen molar-refractivity contribution in [2.45, 2.75) is 6.42 Å². The molecule has 1 aliphatic heterocycles. The van der Waals surface area contributed by atoms with Gasteiger partial charge in [0, 0.05) is 24.9 Å². The number of carbonyl (C=O) groups excluding carboxylic acids is 2. The van der Waals surface area contributed by atoms with E-state index in [0.29, 0.717) is 10.9 Å². The Hall–Kier alpha value is -3.16. The Bertz CT molecular complexity index is 912. The molecule has 0 aliphatic carbocycles. The van der Waals surface area contributed by atoms with Gasteiger partial charge in [-0.1, -0.05) is 0 Å². The van der Waals surface area contributed by atoms with Gasteiger partial charge in [-0.3, -0.25) is 9.69 Å². The predicted octanol–water partition coefficient (Wildman–Crippen LogP) is 1.77. The molecular weight excluding hydrogens is 290 g/mol. The second kappa shape index (κ2) is 4.99. The van der Waals surface area contributed by atoms with E-state index in [1.165, 1.54) is 31.3 Å². The van der Waals surface area contributed by atoms with Crippen LogP contribution in [0.2, 0.25) is 0 Å². The first-order chi connectivity index (χ1) is 10.5. The van der Waals surface area contributed by atoms with E-state index in [1.54, 1.807) is 0 Å². The van der Waals surface area contributed by atoms with E-state index in [1.807, 2.05) is 0 Å². The largest absolute Gasteiger partial charge is 0.423 e. The lowest BCUT2D eigenvalue weighted by Crippen LogP contribution is -2.29. The molecule has 3 rings (SSSR count). The van der Waals surface area contributed by atoms with Gasteiger partial charge in [0.1, 0.15) is 17.0 Å². The third-order valence-electron chi connectivity index (χ3n) is 3.40. The van der Waals surface area contributed by atoms with E-state index in [9.17, 15) is 19.3 Å². The number of rotatable bonds is 3. The maximum absolute atomic E-state index is 11.9. The molecule has 0 bridgehead atoms.